The molecule has 1 rings (SSSR count). The molecule has 0 N–H and O–H groups in total. The predicted octanol–water partition coefficient (Wildman–Crippen LogP) is 2.27. The molecule has 0 fully saturated rings. The van der Waals surface area contributed by atoms with Crippen LogP contribution in [0.25, 0.3) is 0 Å². The molecule has 2 unspecified atom stereocenters. The summed E-state index contributed by atoms with van der Waals surface area (Å²) in [6, 6.07) is 2.04. The molecular formula is C12H15NO. The summed E-state index contributed by atoms with van der Waals surface area (Å²) in [5, 5.41) is 8.37. The Hall–Kier alpha value is -1.25. The zero-order valence-corrected chi connectivity index (χ0v) is 8.28. The van der Waals surface area contributed by atoms with E-state index in [2.05, 4.69) is 18.1 Å². The van der Waals surface area contributed by atoms with E-state index in [1.807, 2.05) is 6.07 Å². The van der Waals surface area contributed by atoms with Gasteiger partial charge in [0.05, 0.1) is 19.1 Å². The fourth-order valence-electron chi connectivity index (χ4n) is 1.64. The van der Waals surface area contributed by atoms with Crippen molar-refractivity contribution < 1.29 is 4.74 Å². The summed E-state index contributed by atoms with van der Waals surface area (Å²) in [4.78, 5) is 0. The van der Waals surface area contributed by atoms with Gasteiger partial charge < -0.3 is 4.74 Å². The van der Waals surface area contributed by atoms with Crippen LogP contribution in [0.4, 0.5) is 0 Å². The van der Waals surface area contributed by atoms with E-state index >= 15 is 0 Å². The molecule has 0 aliphatic heterocycles. The van der Waals surface area contributed by atoms with E-state index in [9.17, 15) is 0 Å². The zero-order chi connectivity index (χ0) is 10.2. The van der Waals surface area contributed by atoms with E-state index in [4.69, 9.17) is 16.4 Å². The van der Waals surface area contributed by atoms with Crippen LogP contribution < -0.4 is 0 Å². The summed E-state index contributed by atoms with van der Waals surface area (Å²) in [5.74, 6) is 3.10. The van der Waals surface area contributed by atoms with Crippen LogP contribution in [-0.2, 0) is 4.74 Å². The third-order valence-electron chi connectivity index (χ3n) is 2.41. The lowest BCUT2D eigenvalue weighted by Crippen LogP contribution is -2.23. The summed E-state index contributed by atoms with van der Waals surface area (Å²) in [5.41, 5.74) is 0. The Morgan fingerprint density at radius 1 is 1.57 bits per heavy atom. The van der Waals surface area contributed by atoms with E-state index in [0.29, 0.717) is 18.9 Å². The molecule has 0 saturated carbocycles. The van der Waals surface area contributed by atoms with Gasteiger partial charge in [-0.2, -0.15) is 5.26 Å². The number of nitriles is 1. The molecule has 0 amide bonds. The van der Waals surface area contributed by atoms with Crippen LogP contribution in [0.15, 0.2) is 12.2 Å². The molecule has 0 spiro atoms. The Kier molecular flexibility index (Phi) is 4.83. The Labute approximate surface area is 85.6 Å². The Morgan fingerprint density at radius 3 is 3.00 bits per heavy atom. The normalized spacial score (nSPS) is 22.3. The van der Waals surface area contributed by atoms with Crippen LogP contribution in [0.2, 0.25) is 0 Å². The lowest BCUT2D eigenvalue weighted by atomic mass is 9.89. The SMILES string of the molecule is C#CC(OCCC#N)C1CC=CCC1. The molecule has 74 valence electrons. The number of allylic oxidation sites excluding steroid dienone is 2. The topological polar surface area (TPSA) is 33.0 Å². The van der Waals surface area contributed by atoms with Gasteiger partial charge in [-0.3, -0.25) is 0 Å². The Morgan fingerprint density at radius 2 is 2.43 bits per heavy atom. The summed E-state index contributed by atoms with van der Waals surface area (Å²) in [6.07, 6.45) is 13.2. The number of rotatable bonds is 4. The molecule has 0 radical (unpaired) electrons. The van der Waals surface area contributed by atoms with Gasteiger partial charge in [0.25, 0.3) is 0 Å². The van der Waals surface area contributed by atoms with Gasteiger partial charge in [-0.05, 0) is 19.3 Å². The van der Waals surface area contributed by atoms with Crippen molar-refractivity contribution in [3.63, 3.8) is 0 Å². The minimum Gasteiger partial charge on any atom is -0.364 e. The monoisotopic (exact) mass is 189 g/mol. The molecule has 0 aromatic carbocycles. The van der Waals surface area contributed by atoms with Crippen LogP contribution in [0.3, 0.4) is 0 Å². The molecule has 0 bridgehead atoms. The first-order valence-electron chi connectivity index (χ1n) is 4.98. The molecule has 2 atom stereocenters. The number of terminal acetylenes is 1. The van der Waals surface area contributed by atoms with Crippen LogP contribution >= 0.6 is 0 Å². The summed E-state index contributed by atoms with van der Waals surface area (Å²) in [7, 11) is 0. The molecule has 0 heterocycles. The van der Waals surface area contributed by atoms with Crippen LogP contribution in [-0.4, -0.2) is 12.7 Å². The highest BCUT2D eigenvalue weighted by molar-refractivity contribution is 5.03. The van der Waals surface area contributed by atoms with Crippen molar-refractivity contribution >= 4 is 0 Å². The molecule has 14 heavy (non-hydrogen) atoms. The Bertz CT molecular complexity index is 269. The van der Waals surface area contributed by atoms with E-state index in [1.54, 1.807) is 0 Å². The molecule has 0 aromatic heterocycles. The van der Waals surface area contributed by atoms with Crippen molar-refractivity contribution in [2.75, 3.05) is 6.61 Å². The molecule has 2 nitrogen and oxygen atoms in total. The molecule has 1 aliphatic carbocycles. The van der Waals surface area contributed by atoms with Crippen LogP contribution in [0.1, 0.15) is 25.7 Å². The molecular weight excluding hydrogens is 174 g/mol. The molecule has 1 aliphatic rings. The van der Waals surface area contributed by atoms with Crippen molar-refractivity contribution in [2.45, 2.75) is 31.8 Å². The Balaban J connectivity index is 2.34. The smallest absolute Gasteiger partial charge is 0.121 e. The maximum Gasteiger partial charge on any atom is 0.121 e. The molecule has 2 heteroatoms. The lowest BCUT2D eigenvalue weighted by Gasteiger charge is -2.23. The van der Waals surface area contributed by atoms with Gasteiger partial charge in [0.2, 0.25) is 0 Å². The van der Waals surface area contributed by atoms with Gasteiger partial charge in [0.15, 0.2) is 0 Å². The van der Waals surface area contributed by atoms with E-state index < -0.39 is 0 Å². The fourth-order valence-corrected chi connectivity index (χ4v) is 1.64. The van der Waals surface area contributed by atoms with E-state index in [0.717, 1.165) is 19.3 Å². The summed E-state index contributed by atoms with van der Waals surface area (Å²) < 4.78 is 5.48. The first kappa shape index (κ1) is 10.8. The number of ether oxygens (including phenoxy) is 1. The number of hydrogen-bond donors (Lipinski definition) is 0. The van der Waals surface area contributed by atoms with Crippen molar-refractivity contribution in [3.05, 3.63) is 12.2 Å². The van der Waals surface area contributed by atoms with Crippen molar-refractivity contribution in [3.8, 4) is 18.4 Å². The first-order valence-corrected chi connectivity index (χ1v) is 4.98. The van der Waals surface area contributed by atoms with Gasteiger partial charge in [-0.25, -0.2) is 0 Å². The average Bonchev–Trinajstić information content (AvgIpc) is 2.26. The maximum absolute atomic E-state index is 8.37. The van der Waals surface area contributed by atoms with Gasteiger partial charge in [-0.1, -0.05) is 18.1 Å². The second kappa shape index (κ2) is 6.24. The van der Waals surface area contributed by atoms with E-state index in [1.165, 1.54) is 0 Å². The minimum absolute atomic E-state index is 0.117. The van der Waals surface area contributed by atoms with Crippen LogP contribution in [0.5, 0.6) is 0 Å². The largest absolute Gasteiger partial charge is 0.364 e. The van der Waals surface area contributed by atoms with Crippen molar-refractivity contribution in [2.24, 2.45) is 5.92 Å². The minimum atomic E-state index is -0.117. The maximum atomic E-state index is 8.37. The third-order valence-corrected chi connectivity index (χ3v) is 2.41. The fraction of sp³-hybridized carbons (Fsp3) is 0.583. The summed E-state index contributed by atoms with van der Waals surface area (Å²) >= 11 is 0. The highest BCUT2D eigenvalue weighted by Gasteiger charge is 2.19. The average molecular weight is 189 g/mol. The van der Waals surface area contributed by atoms with Gasteiger partial charge in [0.1, 0.15) is 6.10 Å². The standard InChI is InChI=1S/C12H15NO/c1-2-12(14-10-6-9-13)11-7-4-3-5-8-11/h1,3-4,11-12H,5-8,10H2. The highest BCUT2D eigenvalue weighted by atomic mass is 16.5. The zero-order valence-electron chi connectivity index (χ0n) is 8.28. The highest BCUT2D eigenvalue weighted by Crippen LogP contribution is 2.23. The second-order valence-corrected chi connectivity index (χ2v) is 3.41. The second-order valence-electron chi connectivity index (χ2n) is 3.41. The van der Waals surface area contributed by atoms with Gasteiger partial charge in [-0.15, -0.1) is 6.42 Å². The summed E-state index contributed by atoms with van der Waals surface area (Å²) in [6.45, 7) is 0.450. The third kappa shape index (κ3) is 3.24. The van der Waals surface area contributed by atoms with Gasteiger partial charge >= 0.3 is 0 Å². The number of nitrogens with zero attached hydrogens (tertiary/aromatic N) is 1. The predicted molar refractivity (Wildman–Crippen MR) is 55.3 cm³/mol. The van der Waals surface area contributed by atoms with Crippen molar-refractivity contribution in [1.29, 1.82) is 5.26 Å². The molecule has 0 saturated heterocycles. The van der Waals surface area contributed by atoms with Crippen molar-refractivity contribution in [1.82, 2.24) is 0 Å². The van der Waals surface area contributed by atoms with E-state index in [-0.39, 0.29) is 6.10 Å². The lowest BCUT2D eigenvalue weighted by molar-refractivity contribution is 0.0516. The van der Waals surface area contributed by atoms with Crippen LogP contribution in [0, 0.1) is 29.6 Å². The first-order chi connectivity index (χ1) is 6.88. The number of hydrogen-bond acceptors (Lipinski definition) is 2. The van der Waals surface area contributed by atoms with Gasteiger partial charge in [0, 0.05) is 5.92 Å². The molecule has 0 aromatic rings. The quantitative estimate of drug-likeness (QED) is 0.386.